The van der Waals surface area contributed by atoms with E-state index in [2.05, 4.69) is 4.98 Å². The first kappa shape index (κ1) is 13.3. The summed E-state index contributed by atoms with van der Waals surface area (Å²) in [7, 11) is 0. The van der Waals surface area contributed by atoms with Gasteiger partial charge in [-0.3, -0.25) is 9.78 Å². The zero-order chi connectivity index (χ0) is 13.3. The van der Waals surface area contributed by atoms with Crippen molar-refractivity contribution >= 4 is 17.5 Å². The Morgan fingerprint density at radius 2 is 2.33 bits per heavy atom. The summed E-state index contributed by atoms with van der Waals surface area (Å²) in [5.41, 5.74) is -0.750. The molecule has 0 saturated carbocycles. The number of aromatic nitrogens is 1. The highest BCUT2D eigenvalue weighted by Gasteiger charge is 2.38. The molecular formula is C12H15ClN2O3. The van der Waals surface area contributed by atoms with Gasteiger partial charge < -0.3 is 15.1 Å². The number of aliphatic hydroxyl groups is 2. The fourth-order valence-corrected chi connectivity index (χ4v) is 2.09. The number of carbonyl (C=O) groups is 1. The van der Waals surface area contributed by atoms with Crippen molar-refractivity contribution < 1.29 is 15.0 Å². The molecule has 1 aromatic heterocycles. The normalized spacial score (nSPS) is 28.2. The Bertz CT molecular complexity index is 464. The van der Waals surface area contributed by atoms with Gasteiger partial charge in [-0.2, -0.15) is 0 Å². The van der Waals surface area contributed by atoms with Crippen LogP contribution < -0.4 is 0 Å². The minimum atomic E-state index is -1.14. The first-order chi connectivity index (χ1) is 8.40. The van der Waals surface area contributed by atoms with E-state index >= 15 is 0 Å². The summed E-state index contributed by atoms with van der Waals surface area (Å²) in [6.07, 6.45) is 2.29. The third-order valence-electron chi connectivity index (χ3n) is 3.24. The maximum absolute atomic E-state index is 12.1. The molecule has 0 unspecified atom stereocenters. The van der Waals surface area contributed by atoms with E-state index in [1.54, 1.807) is 6.92 Å². The monoisotopic (exact) mass is 270 g/mol. The van der Waals surface area contributed by atoms with Crippen molar-refractivity contribution in [2.75, 3.05) is 13.1 Å². The van der Waals surface area contributed by atoms with Crippen molar-refractivity contribution in [1.82, 2.24) is 9.88 Å². The molecule has 0 bridgehead atoms. The van der Waals surface area contributed by atoms with Crippen LogP contribution in [0.2, 0.25) is 5.02 Å². The summed E-state index contributed by atoms with van der Waals surface area (Å²) < 4.78 is 0. The third-order valence-corrected chi connectivity index (χ3v) is 3.44. The fraction of sp³-hybridized carbons (Fsp3) is 0.500. The van der Waals surface area contributed by atoms with Gasteiger partial charge in [-0.15, -0.1) is 0 Å². The van der Waals surface area contributed by atoms with Crippen molar-refractivity contribution in [3.8, 4) is 0 Å². The van der Waals surface area contributed by atoms with Gasteiger partial charge >= 0.3 is 0 Å². The molecule has 18 heavy (non-hydrogen) atoms. The van der Waals surface area contributed by atoms with E-state index in [0.29, 0.717) is 23.6 Å². The van der Waals surface area contributed by atoms with E-state index in [1.165, 1.54) is 23.4 Å². The number of hydrogen-bond acceptors (Lipinski definition) is 4. The van der Waals surface area contributed by atoms with Crippen LogP contribution in [0.1, 0.15) is 23.7 Å². The number of likely N-dealkylation sites (tertiary alicyclic amines) is 1. The van der Waals surface area contributed by atoms with Crippen LogP contribution in [0.3, 0.4) is 0 Å². The second-order valence-electron chi connectivity index (χ2n) is 4.77. The predicted molar refractivity (Wildman–Crippen MR) is 66.4 cm³/mol. The first-order valence-electron chi connectivity index (χ1n) is 5.70. The van der Waals surface area contributed by atoms with Crippen LogP contribution in [0.25, 0.3) is 0 Å². The van der Waals surface area contributed by atoms with Crippen LogP contribution in [-0.4, -0.2) is 50.8 Å². The van der Waals surface area contributed by atoms with Gasteiger partial charge in [-0.05, 0) is 19.4 Å². The lowest BCUT2D eigenvalue weighted by Gasteiger charge is -2.39. The second kappa shape index (κ2) is 4.84. The zero-order valence-corrected chi connectivity index (χ0v) is 10.8. The molecule has 1 aromatic rings. The summed E-state index contributed by atoms with van der Waals surface area (Å²) in [5.74, 6) is -0.237. The van der Waals surface area contributed by atoms with Gasteiger partial charge in [0.1, 0.15) is 0 Å². The number of piperidine rings is 1. The van der Waals surface area contributed by atoms with Crippen molar-refractivity contribution in [2.24, 2.45) is 0 Å². The number of carbonyl (C=O) groups excluding carboxylic acids is 1. The highest BCUT2D eigenvalue weighted by Crippen LogP contribution is 2.23. The van der Waals surface area contributed by atoms with Crippen molar-refractivity contribution in [3.63, 3.8) is 0 Å². The van der Waals surface area contributed by atoms with Crippen LogP contribution in [0.4, 0.5) is 0 Å². The first-order valence-corrected chi connectivity index (χ1v) is 6.08. The Morgan fingerprint density at radius 3 is 2.94 bits per heavy atom. The number of amides is 1. The fourth-order valence-electron chi connectivity index (χ4n) is 1.92. The molecule has 5 nitrogen and oxygen atoms in total. The molecule has 0 radical (unpaired) electrons. The van der Waals surface area contributed by atoms with Gasteiger partial charge in [0, 0.05) is 25.5 Å². The van der Waals surface area contributed by atoms with Gasteiger partial charge in [-0.1, -0.05) is 11.6 Å². The van der Waals surface area contributed by atoms with E-state index in [0.717, 1.165) is 0 Å². The predicted octanol–water partition coefficient (Wildman–Crippen LogP) is 0.693. The van der Waals surface area contributed by atoms with Gasteiger partial charge in [0.15, 0.2) is 0 Å². The van der Waals surface area contributed by atoms with Crippen LogP contribution in [-0.2, 0) is 0 Å². The highest BCUT2D eigenvalue weighted by molar-refractivity contribution is 6.30. The molecule has 2 heterocycles. The second-order valence-corrected chi connectivity index (χ2v) is 5.20. The Labute approximate surface area is 110 Å². The number of aliphatic hydroxyl groups excluding tert-OH is 1. The topological polar surface area (TPSA) is 73.7 Å². The Morgan fingerprint density at radius 1 is 1.61 bits per heavy atom. The molecule has 1 fully saturated rings. The number of hydrogen-bond donors (Lipinski definition) is 2. The molecule has 1 saturated heterocycles. The molecule has 1 amide bonds. The number of nitrogens with zero attached hydrogens (tertiary/aromatic N) is 2. The summed E-state index contributed by atoms with van der Waals surface area (Å²) >= 11 is 5.78. The zero-order valence-electron chi connectivity index (χ0n) is 10.0. The minimum absolute atomic E-state index is 0.109. The summed E-state index contributed by atoms with van der Waals surface area (Å²) in [6.45, 7) is 2.08. The van der Waals surface area contributed by atoms with Crippen LogP contribution in [0.5, 0.6) is 0 Å². The largest absolute Gasteiger partial charge is 0.388 e. The third kappa shape index (κ3) is 2.63. The van der Waals surface area contributed by atoms with Gasteiger partial charge in [-0.25, -0.2) is 0 Å². The van der Waals surface area contributed by atoms with E-state index in [9.17, 15) is 15.0 Å². The Hall–Kier alpha value is -1.17. The lowest BCUT2D eigenvalue weighted by Crippen LogP contribution is -2.55. The molecule has 0 aromatic carbocycles. The lowest BCUT2D eigenvalue weighted by atomic mass is 9.90. The molecule has 1 aliphatic heterocycles. The Balaban J connectivity index is 2.12. The molecule has 2 rings (SSSR count). The molecular weight excluding hydrogens is 256 g/mol. The average molecular weight is 271 g/mol. The van der Waals surface area contributed by atoms with Gasteiger partial charge in [0.2, 0.25) is 0 Å². The van der Waals surface area contributed by atoms with Crippen LogP contribution in [0.15, 0.2) is 18.5 Å². The van der Waals surface area contributed by atoms with Gasteiger partial charge in [0.05, 0.1) is 22.3 Å². The van der Waals surface area contributed by atoms with Crippen LogP contribution in [0, 0.1) is 0 Å². The quantitative estimate of drug-likeness (QED) is 0.788. The molecule has 2 atom stereocenters. The lowest BCUT2D eigenvalue weighted by molar-refractivity contribution is -0.0999. The maximum Gasteiger partial charge on any atom is 0.255 e. The summed E-state index contributed by atoms with van der Waals surface area (Å²) in [6, 6.07) is 1.54. The van der Waals surface area contributed by atoms with E-state index < -0.39 is 11.7 Å². The average Bonchev–Trinajstić information content (AvgIpc) is 2.32. The van der Waals surface area contributed by atoms with Crippen molar-refractivity contribution in [3.05, 3.63) is 29.0 Å². The van der Waals surface area contributed by atoms with Gasteiger partial charge in [0.25, 0.3) is 5.91 Å². The van der Waals surface area contributed by atoms with E-state index in [-0.39, 0.29) is 12.5 Å². The standard InChI is InChI=1S/C12H15ClN2O3/c1-12(18)2-3-15(7-10(12)16)11(17)8-4-9(13)6-14-5-8/h4-6,10,16,18H,2-3,7H2,1H3/t10-,12-/m0/s1. The number of pyridine rings is 1. The highest BCUT2D eigenvalue weighted by atomic mass is 35.5. The van der Waals surface area contributed by atoms with Crippen molar-refractivity contribution in [1.29, 1.82) is 0 Å². The summed E-state index contributed by atoms with van der Waals surface area (Å²) in [4.78, 5) is 17.5. The molecule has 6 heteroatoms. The molecule has 98 valence electrons. The Kier molecular flexibility index (Phi) is 3.56. The van der Waals surface area contributed by atoms with E-state index in [1.807, 2.05) is 0 Å². The maximum atomic E-state index is 12.1. The minimum Gasteiger partial charge on any atom is -0.388 e. The van der Waals surface area contributed by atoms with Crippen molar-refractivity contribution in [2.45, 2.75) is 25.0 Å². The molecule has 1 aliphatic rings. The number of halogens is 1. The molecule has 2 N–H and O–H groups in total. The number of rotatable bonds is 1. The summed E-state index contributed by atoms with van der Waals surface area (Å²) in [5, 5.41) is 20.0. The molecule has 0 aliphatic carbocycles. The van der Waals surface area contributed by atoms with E-state index in [4.69, 9.17) is 11.6 Å². The SMILES string of the molecule is C[C@]1(O)CCN(C(=O)c2cncc(Cl)c2)C[C@@H]1O. The van der Waals surface area contributed by atoms with Crippen LogP contribution >= 0.6 is 11.6 Å². The molecule has 0 spiro atoms. The number of β-amino-alcohol motifs (C(OH)–C–C–N with tert-alkyl or cyclic N) is 1. The smallest absolute Gasteiger partial charge is 0.255 e.